The Morgan fingerprint density at radius 2 is 2.06 bits per heavy atom. The third kappa shape index (κ3) is 2.91. The summed E-state index contributed by atoms with van der Waals surface area (Å²) in [5, 5.41) is 0. The Morgan fingerprint density at radius 3 is 2.56 bits per heavy atom. The minimum Gasteiger partial charge on any atom is -0.479 e. The molecule has 16 heavy (non-hydrogen) atoms. The second kappa shape index (κ2) is 4.77. The first kappa shape index (κ1) is 12.9. The molecule has 0 aliphatic carbocycles. The summed E-state index contributed by atoms with van der Waals surface area (Å²) in [6.07, 6.45) is 5.06. The van der Waals surface area contributed by atoms with Crippen LogP contribution in [0.2, 0.25) is 0 Å². The van der Waals surface area contributed by atoms with E-state index in [0.717, 1.165) is 5.56 Å². The fourth-order valence-corrected chi connectivity index (χ4v) is 2.51. The van der Waals surface area contributed by atoms with Crippen molar-refractivity contribution in [1.29, 1.82) is 0 Å². The van der Waals surface area contributed by atoms with Crippen molar-refractivity contribution >= 4 is 19.7 Å². The van der Waals surface area contributed by atoms with Gasteiger partial charge in [-0.3, -0.25) is 0 Å². The SMILES string of the molecule is C#CCOc1c(C)cc(C)cc1S(=O)(=O)Cl. The molecule has 0 bridgehead atoms. The molecule has 1 aromatic carbocycles. The van der Waals surface area contributed by atoms with E-state index in [2.05, 4.69) is 5.92 Å². The van der Waals surface area contributed by atoms with Crippen LogP contribution in [0.15, 0.2) is 17.0 Å². The van der Waals surface area contributed by atoms with Crippen molar-refractivity contribution in [2.24, 2.45) is 0 Å². The van der Waals surface area contributed by atoms with E-state index in [1.54, 1.807) is 19.9 Å². The van der Waals surface area contributed by atoms with Crippen LogP contribution in [0.3, 0.4) is 0 Å². The van der Waals surface area contributed by atoms with Gasteiger partial charge >= 0.3 is 0 Å². The summed E-state index contributed by atoms with van der Waals surface area (Å²) in [5.74, 6) is 2.50. The Kier molecular flexibility index (Phi) is 3.84. The number of benzene rings is 1. The van der Waals surface area contributed by atoms with E-state index >= 15 is 0 Å². The van der Waals surface area contributed by atoms with Gasteiger partial charge in [-0.05, 0) is 31.0 Å². The molecule has 5 heteroatoms. The highest BCUT2D eigenvalue weighted by atomic mass is 35.7. The van der Waals surface area contributed by atoms with E-state index in [-0.39, 0.29) is 17.3 Å². The highest BCUT2D eigenvalue weighted by Gasteiger charge is 2.19. The van der Waals surface area contributed by atoms with Crippen molar-refractivity contribution in [3.05, 3.63) is 23.3 Å². The molecular weight excluding hydrogens is 248 g/mol. The summed E-state index contributed by atoms with van der Waals surface area (Å²) in [4.78, 5) is -0.0399. The lowest BCUT2D eigenvalue weighted by atomic mass is 10.1. The van der Waals surface area contributed by atoms with Gasteiger partial charge < -0.3 is 4.74 Å². The van der Waals surface area contributed by atoms with E-state index in [1.165, 1.54) is 6.07 Å². The molecule has 86 valence electrons. The third-order valence-electron chi connectivity index (χ3n) is 1.95. The van der Waals surface area contributed by atoms with E-state index in [0.29, 0.717) is 5.56 Å². The fourth-order valence-electron chi connectivity index (χ4n) is 1.40. The number of hydrogen-bond donors (Lipinski definition) is 0. The minimum absolute atomic E-state index is 0.00328. The molecule has 1 aromatic rings. The molecule has 0 spiro atoms. The number of ether oxygens (including phenoxy) is 1. The van der Waals surface area contributed by atoms with Crippen molar-refractivity contribution in [3.8, 4) is 18.1 Å². The molecule has 3 nitrogen and oxygen atoms in total. The summed E-state index contributed by atoms with van der Waals surface area (Å²) in [6.45, 7) is 3.53. The van der Waals surface area contributed by atoms with E-state index < -0.39 is 9.05 Å². The summed E-state index contributed by atoms with van der Waals surface area (Å²) in [6, 6.07) is 3.26. The lowest BCUT2D eigenvalue weighted by Gasteiger charge is -2.11. The van der Waals surface area contributed by atoms with Crippen LogP contribution in [0.5, 0.6) is 5.75 Å². The summed E-state index contributed by atoms with van der Waals surface area (Å²) in [5.41, 5.74) is 1.49. The van der Waals surface area contributed by atoms with E-state index in [9.17, 15) is 8.42 Å². The Hall–Kier alpha value is -1.18. The number of aryl methyl sites for hydroxylation is 2. The Bertz CT molecular complexity index is 541. The molecule has 0 aliphatic heterocycles. The van der Waals surface area contributed by atoms with Crippen LogP contribution >= 0.6 is 10.7 Å². The van der Waals surface area contributed by atoms with E-state index in [4.69, 9.17) is 21.8 Å². The molecule has 0 radical (unpaired) electrons. The molecule has 0 unspecified atom stereocenters. The average molecular weight is 259 g/mol. The summed E-state index contributed by atoms with van der Waals surface area (Å²) < 4.78 is 27.9. The fraction of sp³-hybridized carbons (Fsp3) is 0.273. The topological polar surface area (TPSA) is 43.4 Å². The van der Waals surface area contributed by atoms with Gasteiger partial charge in [-0.1, -0.05) is 12.0 Å². The van der Waals surface area contributed by atoms with Crippen LogP contribution in [0.25, 0.3) is 0 Å². The Balaban J connectivity index is 3.40. The maximum absolute atomic E-state index is 11.4. The number of rotatable bonds is 3. The zero-order valence-corrected chi connectivity index (χ0v) is 10.5. The number of halogens is 1. The van der Waals surface area contributed by atoms with Gasteiger partial charge in [0.1, 0.15) is 17.3 Å². The van der Waals surface area contributed by atoms with Gasteiger partial charge in [-0.2, -0.15) is 0 Å². The smallest absolute Gasteiger partial charge is 0.265 e. The number of terminal acetylenes is 1. The van der Waals surface area contributed by atoms with Crippen LogP contribution in [-0.2, 0) is 9.05 Å². The van der Waals surface area contributed by atoms with Gasteiger partial charge in [0.2, 0.25) is 0 Å². The average Bonchev–Trinajstić information content (AvgIpc) is 2.14. The molecule has 0 fully saturated rings. The molecule has 0 saturated heterocycles. The zero-order chi connectivity index (χ0) is 12.3. The normalized spacial score (nSPS) is 10.9. The minimum atomic E-state index is -3.83. The lowest BCUT2D eigenvalue weighted by Crippen LogP contribution is -2.03. The predicted molar refractivity (Wildman–Crippen MR) is 63.3 cm³/mol. The second-order valence-electron chi connectivity index (χ2n) is 3.34. The first-order valence-corrected chi connectivity index (χ1v) is 6.79. The third-order valence-corrected chi connectivity index (χ3v) is 3.27. The monoisotopic (exact) mass is 258 g/mol. The molecule has 0 atom stereocenters. The molecule has 0 N–H and O–H groups in total. The highest BCUT2D eigenvalue weighted by molar-refractivity contribution is 8.13. The molecule has 0 aromatic heterocycles. The van der Waals surface area contributed by atoms with Crippen LogP contribution in [-0.4, -0.2) is 15.0 Å². The van der Waals surface area contributed by atoms with Crippen molar-refractivity contribution in [2.45, 2.75) is 18.7 Å². The van der Waals surface area contributed by atoms with Crippen LogP contribution in [0.4, 0.5) is 0 Å². The molecular formula is C11H11ClO3S. The maximum atomic E-state index is 11.4. The molecule has 0 amide bonds. The van der Waals surface area contributed by atoms with E-state index in [1.807, 2.05) is 0 Å². The molecule has 0 aliphatic rings. The van der Waals surface area contributed by atoms with Crippen molar-refractivity contribution < 1.29 is 13.2 Å². The molecule has 0 heterocycles. The van der Waals surface area contributed by atoms with Crippen LogP contribution in [0, 0.1) is 26.2 Å². The van der Waals surface area contributed by atoms with Crippen molar-refractivity contribution in [1.82, 2.24) is 0 Å². The van der Waals surface area contributed by atoms with Gasteiger partial charge in [0, 0.05) is 10.7 Å². The summed E-state index contributed by atoms with van der Waals surface area (Å²) in [7, 11) is 1.50. The molecule has 0 saturated carbocycles. The highest BCUT2D eigenvalue weighted by Crippen LogP contribution is 2.31. The molecule has 1 rings (SSSR count). The van der Waals surface area contributed by atoms with Crippen LogP contribution in [0.1, 0.15) is 11.1 Å². The first-order valence-electron chi connectivity index (χ1n) is 4.48. The lowest BCUT2D eigenvalue weighted by molar-refractivity contribution is 0.357. The zero-order valence-electron chi connectivity index (χ0n) is 8.95. The van der Waals surface area contributed by atoms with Gasteiger partial charge in [0.25, 0.3) is 9.05 Å². The van der Waals surface area contributed by atoms with Crippen LogP contribution < -0.4 is 4.74 Å². The van der Waals surface area contributed by atoms with Crippen molar-refractivity contribution in [2.75, 3.05) is 6.61 Å². The maximum Gasteiger partial charge on any atom is 0.265 e. The Morgan fingerprint density at radius 1 is 1.44 bits per heavy atom. The number of hydrogen-bond acceptors (Lipinski definition) is 3. The Labute approximate surface area is 99.8 Å². The van der Waals surface area contributed by atoms with Gasteiger partial charge in [-0.15, -0.1) is 6.42 Å². The van der Waals surface area contributed by atoms with Gasteiger partial charge in [0.15, 0.2) is 0 Å². The van der Waals surface area contributed by atoms with Gasteiger partial charge in [-0.25, -0.2) is 8.42 Å². The van der Waals surface area contributed by atoms with Gasteiger partial charge in [0.05, 0.1) is 0 Å². The first-order chi connectivity index (χ1) is 7.36. The second-order valence-corrected chi connectivity index (χ2v) is 5.87. The predicted octanol–water partition coefficient (Wildman–Crippen LogP) is 2.24. The standard InChI is InChI=1S/C11H11ClO3S/c1-4-5-15-11-9(3)6-8(2)7-10(11)16(12,13)14/h1,6-7H,5H2,2-3H3. The largest absolute Gasteiger partial charge is 0.479 e. The summed E-state index contributed by atoms with van der Waals surface area (Å²) >= 11 is 0. The quantitative estimate of drug-likeness (QED) is 0.617. The van der Waals surface area contributed by atoms with Crippen molar-refractivity contribution in [3.63, 3.8) is 0 Å².